The van der Waals surface area contributed by atoms with Gasteiger partial charge in [0.05, 0.1) is 12.1 Å². The van der Waals surface area contributed by atoms with Crippen molar-refractivity contribution in [3.63, 3.8) is 0 Å². The third-order valence-corrected chi connectivity index (χ3v) is 9.82. The van der Waals surface area contributed by atoms with Crippen LogP contribution in [0, 0.1) is 0 Å². The Labute approximate surface area is 290 Å². The molecule has 2 atom stereocenters. The van der Waals surface area contributed by atoms with Gasteiger partial charge in [0.1, 0.15) is 23.7 Å². The standard InChI is InChI=1S/C31H30N4O7S2.C3H4N2/c1-2-14-42-31(41)32-22-10-8-19(9-11-22)16-34-13-12-20(27(34)37)15-21-17-44-29-25(28(38)35(29)26(21)30(39)40)33-24(36)18-43-23-6-4-3-5-7-23;1-2-5-3-4-1/h2-11,15,25,29H,1,12-14,16-18H2,(H,32,41)(H,33,36)(H,39,40);1-3H,(H,4,5)/t25-,29-;/m1./s1. The summed E-state index contributed by atoms with van der Waals surface area (Å²) in [5.74, 6) is -1.85. The molecule has 0 spiro atoms. The fourth-order valence-corrected chi connectivity index (χ4v) is 7.25. The number of carbonyl (C=O) groups excluding carboxylic acids is 4. The zero-order valence-electron chi connectivity index (χ0n) is 26.2. The van der Waals surface area contributed by atoms with Gasteiger partial charge in [0.2, 0.25) is 11.8 Å². The lowest BCUT2D eigenvalue weighted by Gasteiger charge is -2.49. The summed E-state index contributed by atoms with van der Waals surface area (Å²) in [6.45, 7) is 4.39. The first kappa shape index (κ1) is 35.0. The molecule has 13 nitrogen and oxygen atoms in total. The van der Waals surface area contributed by atoms with E-state index >= 15 is 0 Å². The SMILES string of the molecule is C=CCOC(=O)Nc1ccc(CN2CCC(=CC3=C(C(=O)O)N4C(=O)[C@@H](NC(=O)CSc5ccccc5)[C@H]4SC3)C2=O)cc1.c1c[nH]cn1. The van der Waals surface area contributed by atoms with Gasteiger partial charge in [-0.25, -0.2) is 14.6 Å². The Morgan fingerprint density at radius 1 is 1.14 bits per heavy atom. The Morgan fingerprint density at radius 3 is 2.57 bits per heavy atom. The molecule has 0 saturated carbocycles. The number of aliphatic carboxylic acids is 1. The smallest absolute Gasteiger partial charge is 0.411 e. The number of amides is 4. The molecular weight excluding hydrogens is 669 g/mol. The lowest BCUT2D eigenvalue weighted by Crippen LogP contribution is -2.70. The monoisotopic (exact) mass is 702 g/mol. The molecule has 2 fully saturated rings. The predicted molar refractivity (Wildman–Crippen MR) is 185 cm³/mol. The number of hydrogen-bond acceptors (Lipinski definition) is 9. The van der Waals surface area contributed by atoms with Crippen LogP contribution in [0.15, 0.2) is 114 Å². The zero-order valence-corrected chi connectivity index (χ0v) is 27.9. The summed E-state index contributed by atoms with van der Waals surface area (Å²) >= 11 is 2.71. The molecule has 4 heterocycles. The number of aromatic nitrogens is 2. The minimum atomic E-state index is -1.26. The van der Waals surface area contributed by atoms with Crippen molar-refractivity contribution in [1.29, 1.82) is 0 Å². The highest BCUT2D eigenvalue weighted by molar-refractivity contribution is 8.00. The molecule has 3 aliphatic rings. The van der Waals surface area contributed by atoms with Gasteiger partial charge in [-0.15, -0.1) is 23.5 Å². The molecule has 0 aliphatic carbocycles. The van der Waals surface area contributed by atoms with Crippen molar-refractivity contribution in [2.75, 3.05) is 30.0 Å². The lowest BCUT2D eigenvalue weighted by molar-refractivity contribution is -0.150. The average molecular weight is 703 g/mol. The summed E-state index contributed by atoms with van der Waals surface area (Å²) in [6.07, 6.45) is 7.98. The van der Waals surface area contributed by atoms with E-state index in [1.165, 1.54) is 34.5 Å². The highest BCUT2D eigenvalue weighted by Gasteiger charge is 2.54. The second-order valence-corrected chi connectivity index (χ2v) is 13.0. The van der Waals surface area contributed by atoms with Crippen LogP contribution >= 0.6 is 23.5 Å². The lowest BCUT2D eigenvalue weighted by atomic mass is 10.0. The minimum absolute atomic E-state index is 0.100. The number of rotatable bonds is 11. The van der Waals surface area contributed by atoms with E-state index in [1.54, 1.807) is 54.0 Å². The molecule has 1 aromatic heterocycles. The normalized spacial score (nSPS) is 19.0. The predicted octanol–water partition coefficient (Wildman–Crippen LogP) is 4.02. The molecule has 4 amide bonds. The van der Waals surface area contributed by atoms with E-state index in [1.807, 2.05) is 30.3 Å². The van der Waals surface area contributed by atoms with E-state index < -0.39 is 29.4 Å². The summed E-state index contributed by atoms with van der Waals surface area (Å²) < 4.78 is 4.90. The average Bonchev–Trinajstić information content (AvgIpc) is 3.81. The fraction of sp³-hybridized carbons (Fsp3) is 0.235. The van der Waals surface area contributed by atoms with Crippen molar-refractivity contribution in [1.82, 2.24) is 25.1 Å². The maximum absolute atomic E-state index is 13.2. The van der Waals surface area contributed by atoms with Gasteiger partial charge in [-0.3, -0.25) is 24.6 Å². The third kappa shape index (κ3) is 9.00. The maximum atomic E-state index is 13.2. The van der Waals surface area contributed by atoms with Gasteiger partial charge < -0.3 is 25.0 Å². The first-order valence-corrected chi connectivity index (χ1v) is 17.2. The molecule has 0 radical (unpaired) electrons. The number of hydrogen-bond donors (Lipinski definition) is 4. The second-order valence-electron chi connectivity index (χ2n) is 10.9. The molecule has 0 bridgehead atoms. The van der Waals surface area contributed by atoms with Crippen LogP contribution in [0.2, 0.25) is 0 Å². The van der Waals surface area contributed by atoms with Crippen molar-refractivity contribution >= 4 is 59.0 Å². The molecule has 15 heteroatoms. The number of allylic oxidation sites excluding steroid dienone is 1. The molecule has 3 aliphatic heterocycles. The van der Waals surface area contributed by atoms with Crippen LogP contribution < -0.4 is 10.6 Å². The van der Waals surface area contributed by atoms with Gasteiger partial charge in [0.15, 0.2) is 0 Å². The number of carboxylic acid groups (broad SMARTS) is 1. The number of benzene rings is 2. The first-order valence-electron chi connectivity index (χ1n) is 15.2. The Kier molecular flexibility index (Phi) is 11.9. The molecule has 2 aromatic carbocycles. The maximum Gasteiger partial charge on any atom is 0.411 e. The Hall–Kier alpha value is -5.28. The quantitative estimate of drug-likeness (QED) is 0.0989. The number of carboxylic acids is 1. The molecule has 2 saturated heterocycles. The zero-order chi connectivity index (χ0) is 34.8. The van der Waals surface area contributed by atoms with Crippen LogP contribution in [-0.2, 0) is 30.5 Å². The topological polar surface area (TPSA) is 174 Å². The molecule has 3 aromatic rings. The van der Waals surface area contributed by atoms with Crippen molar-refractivity contribution in [2.24, 2.45) is 0 Å². The fourth-order valence-electron chi connectivity index (χ4n) is 5.21. The second kappa shape index (κ2) is 16.7. The van der Waals surface area contributed by atoms with E-state index in [2.05, 4.69) is 27.2 Å². The van der Waals surface area contributed by atoms with Gasteiger partial charge in [-0.1, -0.05) is 43.0 Å². The molecular formula is C34H34N6O7S2. The Morgan fingerprint density at radius 2 is 1.92 bits per heavy atom. The van der Waals surface area contributed by atoms with E-state index in [0.29, 0.717) is 36.3 Å². The number of H-pyrrole nitrogens is 1. The van der Waals surface area contributed by atoms with Gasteiger partial charge >= 0.3 is 12.1 Å². The number of anilines is 1. The van der Waals surface area contributed by atoms with E-state index in [-0.39, 0.29) is 35.6 Å². The number of imidazole rings is 1. The van der Waals surface area contributed by atoms with Crippen molar-refractivity contribution in [2.45, 2.75) is 29.3 Å². The summed E-state index contributed by atoms with van der Waals surface area (Å²) in [6, 6.07) is 15.6. The summed E-state index contributed by atoms with van der Waals surface area (Å²) in [5.41, 5.74) is 2.10. The molecule has 6 rings (SSSR count). The number of β-lactam (4-membered cyclic amide) rings is 1. The van der Waals surface area contributed by atoms with Crippen molar-refractivity contribution in [3.8, 4) is 0 Å². The number of thioether (sulfide) groups is 2. The highest BCUT2D eigenvalue weighted by Crippen LogP contribution is 2.41. The number of ether oxygens (including phenoxy) is 1. The number of nitrogens with zero attached hydrogens (tertiary/aromatic N) is 3. The largest absolute Gasteiger partial charge is 0.477 e. The minimum Gasteiger partial charge on any atom is -0.477 e. The summed E-state index contributed by atoms with van der Waals surface area (Å²) in [4.78, 5) is 73.0. The van der Waals surface area contributed by atoms with Gasteiger partial charge in [-0.05, 0) is 47.9 Å². The van der Waals surface area contributed by atoms with Gasteiger partial charge in [-0.2, -0.15) is 0 Å². The highest BCUT2D eigenvalue weighted by atomic mass is 32.2. The third-order valence-electron chi connectivity index (χ3n) is 7.50. The van der Waals surface area contributed by atoms with Crippen LogP contribution in [0.1, 0.15) is 12.0 Å². The number of carbonyl (C=O) groups is 5. The van der Waals surface area contributed by atoms with Crippen LogP contribution in [0.4, 0.5) is 10.5 Å². The van der Waals surface area contributed by atoms with Gasteiger partial charge in [0, 0.05) is 47.4 Å². The van der Waals surface area contributed by atoms with E-state index in [4.69, 9.17) is 4.74 Å². The van der Waals surface area contributed by atoms with Crippen LogP contribution in [0.3, 0.4) is 0 Å². The number of fused-ring (bicyclic) bond motifs is 1. The van der Waals surface area contributed by atoms with Crippen LogP contribution in [-0.4, -0.2) is 90.7 Å². The van der Waals surface area contributed by atoms with E-state index in [0.717, 1.165) is 10.5 Å². The molecule has 254 valence electrons. The van der Waals surface area contributed by atoms with Crippen LogP contribution in [0.5, 0.6) is 0 Å². The molecule has 4 N–H and O–H groups in total. The van der Waals surface area contributed by atoms with Gasteiger partial charge in [0.25, 0.3) is 5.91 Å². The van der Waals surface area contributed by atoms with Crippen molar-refractivity contribution < 1.29 is 33.8 Å². The summed E-state index contributed by atoms with van der Waals surface area (Å²) in [7, 11) is 0. The van der Waals surface area contributed by atoms with Crippen LogP contribution in [0.25, 0.3) is 0 Å². The Bertz CT molecular complexity index is 1730. The number of nitrogens with one attached hydrogen (secondary N) is 3. The van der Waals surface area contributed by atoms with E-state index in [9.17, 15) is 29.1 Å². The number of aromatic amines is 1. The molecule has 49 heavy (non-hydrogen) atoms. The summed E-state index contributed by atoms with van der Waals surface area (Å²) in [5, 5.41) is 14.8. The number of likely N-dealkylation sites (tertiary alicyclic amines) is 1. The van der Waals surface area contributed by atoms with Crippen molar-refractivity contribution in [3.05, 3.63) is 114 Å². The molecule has 0 unspecified atom stereocenters. The Balaban J connectivity index is 0.000000858. The first-order chi connectivity index (χ1) is 23.7.